The highest BCUT2D eigenvalue weighted by Gasteiger charge is 2.39. The molecule has 0 radical (unpaired) electrons. The highest BCUT2D eigenvalue weighted by atomic mass is 35.5. The molecule has 1 aromatic rings. The summed E-state index contributed by atoms with van der Waals surface area (Å²) >= 11 is 11.7. The maximum Gasteiger partial charge on any atom is 0.243 e. The van der Waals surface area contributed by atoms with E-state index >= 15 is 0 Å². The molecule has 7 heteroatoms. The van der Waals surface area contributed by atoms with E-state index < -0.39 is 10.0 Å². The van der Waals surface area contributed by atoms with Crippen molar-refractivity contribution in [3.8, 4) is 0 Å². The van der Waals surface area contributed by atoms with Crippen LogP contribution in [0.5, 0.6) is 0 Å². The second-order valence-corrected chi connectivity index (χ2v) is 7.93. The maximum absolute atomic E-state index is 12.5. The molecule has 0 bridgehead atoms. The van der Waals surface area contributed by atoms with Gasteiger partial charge in [0.15, 0.2) is 0 Å². The molecular formula is C12H16Cl2N2O2S. The van der Waals surface area contributed by atoms with Crippen LogP contribution >= 0.6 is 23.2 Å². The lowest BCUT2D eigenvalue weighted by Gasteiger charge is -2.22. The van der Waals surface area contributed by atoms with Gasteiger partial charge in [-0.25, -0.2) is 8.42 Å². The third-order valence-electron chi connectivity index (χ3n) is 3.54. The lowest BCUT2D eigenvalue weighted by atomic mass is 9.90. The summed E-state index contributed by atoms with van der Waals surface area (Å²) in [5.74, 6) is 0. The molecule has 0 saturated carbocycles. The highest BCUT2D eigenvalue weighted by Crippen LogP contribution is 2.33. The molecule has 0 amide bonds. The Balaban J connectivity index is 2.31. The van der Waals surface area contributed by atoms with Crippen LogP contribution in [0.15, 0.2) is 23.1 Å². The normalized spacial score (nSPS) is 24.8. The first kappa shape index (κ1) is 15.1. The SMILES string of the molecule is CC1(CN)CCN(S(=O)(=O)c2ccc(Cl)c(Cl)c2)C1. The topological polar surface area (TPSA) is 63.4 Å². The molecule has 1 heterocycles. The molecule has 1 aliphatic rings. The lowest BCUT2D eigenvalue weighted by molar-refractivity contribution is 0.349. The van der Waals surface area contributed by atoms with Crippen LogP contribution in [0.2, 0.25) is 10.0 Å². The number of nitrogens with zero attached hydrogens (tertiary/aromatic N) is 1. The van der Waals surface area contributed by atoms with E-state index in [1.54, 1.807) is 0 Å². The van der Waals surface area contributed by atoms with Gasteiger partial charge in [-0.1, -0.05) is 30.1 Å². The summed E-state index contributed by atoms with van der Waals surface area (Å²) in [6, 6.07) is 4.36. The molecule has 106 valence electrons. The van der Waals surface area contributed by atoms with E-state index in [0.29, 0.717) is 24.7 Å². The van der Waals surface area contributed by atoms with Crippen molar-refractivity contribution in [1.29, 1.82) is 0 Å². The van der Waals surface area contributed by atoms with Gasteiger partial charge in [-0.3, -0.25) is 0 Å². The van der Waals surface area contributed by atoms with Crippen molar-refractivity contribution >= 4 is 33.2 Å². The Morgan fingerprint density at radius 3 is 2.58 bits per heavy atom. The van der Waals surface area contributed by atoms with Gasteiger partial charge in [0, 0.05) is 13.1 Å². The highest BCUT2D eigenvalue weighted by molar-refractivity contribution is 7.89. The molecule has 1 aromatic carbocycles. The monoisotopic (exact) mass is 322 g/mol. The number of hydrogen-bond donors (Lipinski definition) is 1. The average Bonchev–Trinajstić information content (AvgIpc) is 2.77. The minimum absolute atomic E-state index is 0.150. The number of benzene rings is 1. The van der Waals surface area contributed by atoms with Crippen LogP contribution < -0.4 is 5.73 Å². The summed E-state index contributed by atoms with van der Waals surface area (Å²) in [4.78, 5) is 0.170. The fourth-order valence-electron chi connectivity index (χ4n) is 2.14. The van der Waals surface area contributed by atoms with Gasteiger partial charge in [0.25, 0.3) is 0 Å². The zero-order valence-electron chi connectivity index (χ0n) is 10.6. The smallest absolute Gasteiger partial charge is 0.243 e. The van der Waals surface area contributed by atoms with Gasteiger partial charge >= 0.3 is 0 Å². The first-order valence-electron chi connectivity index (χ1n) is 5.94. The fourth-order valence-corrected chi connectivity index (χ4v) is 4.12. The Kier molecular flexibility index (Phi) is 4.14. The molecule has 1 fully saturated rings. The summed E-state index contributed by atoms with van der Waals surface area (Å²) < 4.78 is 26.4. The van der Waals surface area contributed by atoms with Gasteiger partial charge in [0.05, 0.1) is 14.9 Å². The van der Waals surface area contributed by atoms with E-state index in [-0.39, 0.29) is 15.3 Å². The number of sulfonamides is 1. The molecule has 0 aromatic heterocycles. The largest absolute Gasteiger partial charge is 0.330 e. The molecule has 1 aliphatic heterocycles. The van der Waals surface area contributed by atoms with Gasteiger partial charge < -0.3 is 5.73 Å². The second kappa shape index (κ2) is 5.22. The first-order chi connectivity index (χ1) is 8.78. The van der Waals surface area contributed by atoms with Crippen molar-refractivity contribution in [2.24, 2.45) is 11.1 Å². The molecule has 2 rings (SSSR count). The Hall–Kier alpha value is -0.330. The zero-order valence-corrected chi connectivity index (χ0v) is 12.9. The van der Waals surface area contributed by atoms with E-state index in [9.17, 15) is 8.42 Å². The number of hydrogen-bond acceptors (Lipinski definition) is 3. The van der Waals surface area contributed by atoms with E-state index in [0.717, 1.165) is 6.42 Å². The second-order valence-electron chi connectivity index (χ2n) is 5.18. The molecule has 1 saturated heterocycles. The summed E-state index contributed by atoms with van der Waals surface area (Å²) in [5, 5.41) is 0.581. The minimum Gasteiger partial charge on any atom is -0.330 e. The molecule has 0 aliphatic carbocycles. The molecule has 4 nitrogen and oxygen atoms in total. The van der Waals surface area contributed by atoms with Crippen molar-refractivity contribution in [3.63, 3.8) is 0 Å². The van der Waals surface area contributed by atoms with Gasteiger partial charge in [-0.05, 0) is 36.6 Å². The van der Waals surface area contributed by atoms with Crippen LogP contribution in [0.3, 0.4) is 0 Å². The third-order valence-corrected chi connectivity index (χ3v) is 6.12. The first-order valence-corrected chi connectivity index (χ1v) is 8.13. The molecule has 19 heavy (non-hydrogen) atoms. The van der Waals surface area contributed by atoms with Crippen molar-refractivity contribution in [1.82, 2.24) is 4.31 Å². The van der Waals surface area contributed by atoms with Gasteiger partial charge in [0.2, 0.25) is 10.0 Å². The van der Waals surface area contributed by atoms with E-state index in [1.165, 1.54) is 22.5 Å². The molecule has 2 N–H and O–H groups in total. The van der Waals surface area contributed by atoms with E-state index in [2.05, 4.69) is 0 Å². The van der Waals surface area contributed by atoms with E-state index in [1.807, 2.05) is 6.92 Å². The quantitative estimate of drug-likeness (QED) is 0.929. The standard InChI is InChI=1S/C12H16Cl2N2O2S/c1-12(7-15)4-5-16(8-12)19(17,18)9-2-3-10(13)11(14)6-9/h2-3,6H,4-5,7-8,15H2,1H3. The summed E-state index contributed by atoms with van der Waals surface area (Å²) in [5.41, 5.74) is 5.55. The summed E-state index contributed by atoms with van der Waals surface area (Å²) in [7, 11) is -3.52. The third kappa shape index (κ3) is 2.90. The van der Waals surface area contributed by atoms with Crippen LogP contribution in [-0.4, -0.2) is 32.4 Å². The maximum atomic E-state index is 12.5. The van der Waals surface area contributed by atoms with Gasteiger partial charge in [-0.15, -0.1) is 0 Å². The Morgan fingerprint density at radius 1 is 1.37 bits per heavy atom. The van der Waals surface area contributed by atoms with Crippen molar-refractivity contribution in [2.75, 3.05) is 19.6 Å². The zero-order chi connectivity index (χ0) is 14.3. The fraction of sp³-hybridized carbons (Fsp3) is 0.500. The van der Waals surface area contributed by atoms with Crippen molar-refractivity contribution in [2.45, 2.75) is 18.2 Å². The molecule has 1 atom stereocenters. The Bertz CT molecular complexity index is 591. The van der Waals surface area contributed by atoms with Crippen molar-refractivity contribution in [3.05, 3.63) is 28.2 Å². The predicted molar refractivity (Wildman–Crippen MR) is 77.0 cm³/mol. The van der Waals surface area contributed by atoms with Crippen LogP contribution in [0.1, 0.15) is 13.3 Å². The van der Waals surface area contributed by atoms with Gasteiger partial charge in [0.1, 0.15) is 0 Å². The molecule has 0 spiro atoms. The van der Waals surface area contributed by atoms with Crippen LogP contribution in [0, 0.1) is 5.41 Å². The number of nitrogens with two attached hydrogens (primary N) is 1. The minimum atomic E-state index is -3.52. The number of halogens is 2. The molecule has 1 unspecified atom stereocenters. The lowest BCUT2D eigenvalue weighted by Crippen LogP contribution is -2.34. The Labute approximate surface area is 123 Å². The van der Waals surface area contributed by atoms with Crippen LogP contribution in [0.25, 0.3) is 0 Å². The average molecular weight is 323 g/mol. The van der Waals surface area contributed by atoms with Crippen LogP contribution in [-0.2, 0) is 10.0 Å². The van der Waals surface area contributed by atoms with E-state index in [4.69, 9.17) is 28.9 Å². The Morgan fingerprint density at radius 2 is 2.05 bits per heavy atom. The van der Waals surface area contributed by atoms with Gasteiger partial charge in [-0.2, -0.15) is 4.31 Å². The molecular weight excluding hydrogens is 307 g/mol. The summed E-state index contributed by atoms with van der Waals surface area (Å²) in [6.45, 7) is 3.39. The predicted octanol–water partition coefficient (Wildman–Crippen LogP) is 2.35. The number of rotatable bonds is 3. The summed E-state index contributed by atoms with van der Waals surface area (Å²) in [6.07, 6.45) is 0.768. The van der Waals surface area contributed by atoms with Crippen molar-refractivity contribution < 1.29 is 8.42 Å². The van der Waals surface area contributed by atoms with Crippen LogP contribution in [0.4, 0.5) is 0 Å².